The second-order valence-electron chi connectivity index (χ2n) is 5.87. The van der Waals surface area contributed by atoms with E-state index in [1.807, 2.05) is 42.5 Å². The van der Waals surface area contributed by atoms with Crippen molar-refractivity contribution in [3.8, 4) is 5.75 Å². The van der Waals surface area contributed by atoms with Crippen molar-refractivity contribution < 1.29 is 13.9 Å². The molecule has 27 heavy (non-hydrogen) atoms. The van der Waals surface area contributed by atoms with Gasteiger partial charge < -0.3 is 10.1 Å². The molecule has 0 fully saturated rings. The van der Waals surface area contributed by atoms with Gasteiger partial charge in [-0.3, -0.25) is 4.79 Å². The Hall–Kier alpha value is -2.24. The van der Waals surface area contributed by atoms with Crippen LogP contribution in [0.25, 0.3) is 10.8 Å². The minimum Gasteiger partial charge on any atom is -0.483 e. The first-order valence-corrected chi connectivity index (χ1v) is 10.1. The second kappa shape index (κ2) is 9.62. The number of carbonyl (C=O) groups excluding carboxylic acids is 1. The molecular formula is C21H19ClFNO2S. The lowest BCUT2D eigenvalue weighted by atomic mass is 10.1. The van der Waals surface area contributed by atoms with Crippen molar-refractivity contribution >= 4 is 40.0 Å². The number of nitrogens with one attached hydrogen (secondary N) is 1. The van der Waals surface area contributed by atoms with Crippen LogP contribution < -0.4 is 10.1 Å². The molecule has 1 N–H and O–H groups in total. The quantitative estimate of drug-likeness (QED) is 0.534. The number of thioether (sulfide) groups is 1. The Morgan fingerprint density at radius 1 is 1.07 bits per heavy atom. The number of rotatable bonds is 8. The minimum atomic E-state index is -0.303. The lowest BCUT2D eigenvalue weighted by Crippen LogP contribution is -2.30. The summed E-state index contributed by atoms with van der Waals surface area (Å²) in [6.45, 7) is 0.437. The van der Waals surface area contributed by atoms with E-state index in [9.17, 15) is 9.18 Å². The van der Waals surface area contributed by atoms with Crippen LogP contribution in [0, 0.1) is 5.82 Å². The summed E-state index contributed by atoms with van der Waals surface area (Å²) in [6, 6.07) is 18.3. The average molecular weight is 404 g/mol. The van der Waals surface area contributed by atoms with Gasteiger partial charge in [-0.15, -0.1) is 0 Å². The summed E-state index contributed by atoms with van der Waals surface area (Å²) in [5.41, 5.74) is 0.495. The number of hydrogen-bond acceptors (Lipinski definition) is 3. The number of benzene rings is 3. The van der Waals surface area contributed by atoms with Crippen LogP contribution in [-0.2, 0) is 10.5 Å². The summed E-state index contributed by atoms with van der Waals surface area (Å²) in [5, 5.41) is 5.28. The number of carbonyl (C=O) groups is 1. The Morgan fingerprint density at radius 2 is 1.85 bits per heavy atom. The van der Waals surface area contributed by atoms with Gasteiger partial charge in [-0.1, -0.05) is 54.1 Å². The van der Waals surface area contributed by atoms with E-state index in [-0.39, 0.29) is 18.3 Å². The zero-order chi connectivity index (χ0) is 19.1. The molecule has 0 atom stereocenters. The van der Waals surface area contributed by atoms with Gasteiger partial charge in [-0.05, 0) is 23.6 Å². The van der Waals surface area contributed by atoms with Gasteiger partial charge in [0.25, 0.3) is 5.91 Å². The Bertz CT molecular complexity index is 909. The zero-order valence-electron chi connectivity index (χ0n) is 14.6. The van der Waals surface area contributed by atoms with Crippen LogP contribution in [0.15, 0.2) is 60.7 Å². The third-order valence-electron chi connectivity index (χ3n) is 3.99. The summed E-state index contributed by atoms with van der Waals surface area (Å²) in [5.74, 6) is 1.32. The van der Waals surface area contributed by atoms with Crippen LogP contribution >= 0.6 is 23.4 Å². The topological polar surface area (TPSA) is 38.3 Å². The van der Waals surface area contributed by atoms with Gasteiger partial charge in [0, 0.05) is 34.0 Å². The van der Waals surface area contributed by atoms with Gasteiger partial charge in [0.05, 0.1) is 0 Å². The highest BCUT2D eigenvalue weighted by Gasteiger charge is 2.08. The molecule has 140 valence electrons. The molecular weight excluding hydrogens is 385 g/mol. The third kappa shape index (κ3) is 5.37. The van der Waals surface area contributed by atoms with Gasteiger partial charge in [0.1, 0.15) is 11.6 Å². The van der Waals surface area contributed by atoms with Crippen LogP contribution in [0.3, 0.4) is 0 Å². The monoisotopic (exact) mass is 403 g/mol. The summed E-state index contributed by atoms with van der Waals surface area (Å²) < 4.78 is 19.3. The van der Waals surface area contributed by atoms with Crippen LogP contribution in [0.2, 0.25) is 5.02 Å². The van der Waals surface area contributed by atoms with E-state index in [2.05, 4.69) is 5.32 Å². The molecule has 0 aliphatic heterocycles. The molecule has 3 nitrogen and oxygen atoms in total. The van der Waals surface area contributed by atoms with E-state index in [1.165, 1.54) is 17.8 Å². The first kappa shape index (κ1) is 19.5. The first-order valence-electron chi connectivity index (χ1n) is 8.53. The predicted octanol–water partition coefficient (Wildman–Crippen LogP) is 5.06. The standard InChI is InChI=1S/C21H19ClFNO2S/c22-18-8-4-9-19(23)17(18)14-27-12-11-24-21(25)13-26-20-10-3-6-15-5-1-2-7-16(15)20/h1-10H,11-14H2,(H,24,25). The highest BCUT2D eigenvalue weighted by atomic mass is 35.5. The molecule has 0 heterocycles. The summed E-state index contributed by atoms with van der Waals surface area (Å²) in [4.78, 5) is 12.0. The maximum absolute atomic E-state index is 13.7. The van der Waals surface area contributed by atoms with E-state index >= 15 is 0 Å². The molecule has 0 saturated carbocycles. The maximum Gasteiger partial charge on any atom is 0.257 e. The van der Waals surface area contributed by atoms with Gasteiger partial charge in [-0.25, -0.2) is 4.39 Å². The highest BCUT2D eigenvalue weighted by Crippen LogP contribution is 2.25. The molecule has 3 aromatic rings. The molecule has 0 spiro atoms. The molecule has 3 rings (SSSR count). The van der Waals surface area contributed by atoms with Crippen LogP contribution in [0.5, 0.6) is 5.75 Å². The number of halogens is 2. The zero-order valence-corrected chi connectivity index (χ0v) is 16.2. The average Bonchev–Trinajstić information content (AvgIpc) is 2.68. The second-order valence-corrected chi connectivity index (χ2v) is 7.38. The summed E-state index contributed by atoms with van der Waals surface area (Å²) in [7, 11) is 0. The molecule has 0 aliphatic carbocycles. The minimum absolute atomic E-state index is 0.0438. The Kier molecular flexibility index (Phi) is 6.96. The SMILES string of the molecule is O=C(COc1cccc2ccccc12)NCCSCc1c(F)cccc1Cl. The fourth-order valence-electron chi connectivity index (χ4n) is 2.62. The van der Waals surface area contributed by atoms with Crippen molar-refractivity contribution in [1.29, 1.82) is 0 Å². The molecule has 0 bridgehead atoms. The molecule has 1 amide bonds. The lowest BCUT2D eigenvalue weighted by Gasteiger charge is -2.10. The molecule has 0 aliphatic rings. The Labute approximate surface area is 166 Å². The van der Waals surface area contributed by atoms with Crippen molar-refractivity contribution in [2.45, 2.75) is 5.75 Å². The van der Waals surface area contributed by atoms with Crippen molar-refractivity contribution in [2.75, 3.05) is 18.9 Å². The van der Waals surface area contributed by atoms with E-state index in [0.717, 1.165) is 10.8 Å². The smallest absolute Gasteiger partial charge is 0.257 e. The molecule has 0 radical (unpaired) electrons. The van der Waals surface area contributed by atoms with Crippen LogP contribution in [0.4, 0.5) is 4.39 Å². The first-order chi connectivity index (χ1) is 13.1. The third-order valence-corrected chi connectivity index (χ3v) is 5.32. The summed E-state index contributed by atoms with van der Waals surface area (Å²) >= 11 is 7.51. The Balaban J connectivity index is 1.40. The van der Waals surface area contributed by atoms with Gasteiger partial charge >= 0.3 is 0 Å². The van der Waals surface area contributed by atoms with E-state index in [4.69, 9.17) is 16.3 Å². The lowest BCUT2D eigenvalue weighted by molar-refractivity contribution is -0.122. The highest BCUT2D eigenvalue weighted by molar-refractivity contribution is 7.98. The van der Waals surface area contributed by atoms with Crippen molar-refractivity contribution in [2.24, 2.45) is 0 Å². The van der Waals surface area contributed by atoms with Gasteiger partial charge in [-0.2, -0.15) is 11.8 Å². The largest absolute Gasteiger partial charge is 0.483 e. The van der Waals surface area contributed by atoms with Gasteiger partial charge in [0.2, 0.25) is 0 Å². The van der Waals surface area contributed by atoms with Crippen molar-refractivity contribution in [3.63, 3.8) is 0 Å². The number of amides is 1. The van der Waals surface area contributed by atoms with Crippen molar-refractivity contribution in [3.05, 3.63) is 77.1 Å². The molecule has 3 aromatic carbocycles. The van der Waals surface area contributed by atoms with Crippen LogP contribution in [0.1, 0.15) is 5.56 Å². The fraction of sp³-hybridized carbons (Fsp3) is 0.190. The number of hydrogen-bond donors (Lipinski definition) is 1. The number of fused-ring (bicyclic) bond motifs is 1. The van der Waals surface area contributed by atoms with E-state index in [1.54, 1.807) is 12.1 Å². The molecule has 0 unspecified atom stereocenters. The maximum atomic E-state index is 13.7. The molecule has 6 heteroatoms. The van der Waals surface area contributed by atoms with E-state index < -0.39 is 0 Å². The van der Waals surface area contributed by atoms with E-state index in [0.29, 0.717) is 34.4 Å². The Morgan fingerprint density at radius 3 is 2.70 bits per heavy atom. The van der Waals surface area contributed by atoms with Crippen molar-refractivity contribution in [1.82, 2.24) is 5.32 Å². The molecule has 0 aromatic heterocycles. The van der Waals surface area contributed by atoms with Crippen LogP contribution in [-0.4, -0.2) is 24.8 Å². The van der Waals surface area contributed by atoms with Gasteiger partial charge in [0.15, 0.2) is 6.61 Å². The number of ether oxygens (including phenoxy) is 1. The fourth-order valence-corrected chi connectivity index (χ4v) is 3.82. The normalized spacial score (nSPS) is 10.7. The predicted molar refractivity (Wildman–Crippen MR) is 110 cm³/mol. The molecule has 0 saturated heterocycles. The summed E-state index contributed by atoms with van der Waals surface area (Å²) in [6.07, 6.45) is 0.